The van der Waals surface area contributed by atoms with E-state index in [2.05, 4.69) is 27.2 Å². The van der Waals surface area contributed by atoms with Crippen molar-refractivity contribution in [1.82, 2.24) is 4.98 Å². The molecule has 136 valence electrons. The third-order valence-electron chi connectivity index (χ3n) is 3.80. The molecule has 0 saturated heterocycles. The Morgan fingerprint density at radius 3 is 2.50 bits per heavy atom. The van der Waals surface area contributed by atoms with Gasteiger partial charge in [0, 0.05) is 11.4 Å². The molecule has 1 aromatic carbocycles. The summed E-state index contributed by atoms with van der Waals surface area (Å²) in [5.41, 5.74) is 2.19. The van der Waals surface area contributed by atoms with Gasteiger partial charge in [-0.15, -0.1) is 11.3 Å². The van der Waals surface area contributed by atoms with E-state index in [0.717, 1.165) is 30.0 Å². The second-order valence-corrected chi connectivity index (χ2v) is 9.12. The minimum atomic E-state index is -3.57. The van der Waals surface area contributed by atoms with Crippen molar-refractivity contribution in [2.75, 3.05) is 16.6 Å². The summed E-state index contributed by atoms with van der Waals surface area (Å²) >= 11 is 1.24. The molecule has 26 heavy (non-hydrogen) atoms. The molecule has 2 N–H and O–H groups in total. The summed E-state index contributed by atoms with van der Waals surface area (Å²) in [7, 11) is -3.57. The minimum absolute atomic E-state index is 0.292. The third kappa shape index (κ3) is 5.06. The summed E-state index contributed by atoms with van der Waals surface area (Å²) in [5, 5.41) is 3.30. The fourth-order valence-corrected chi connectivity index (χ4v) is 4.76. The summed E-state index contributed by atoms with van der Waals surface area (Å²) < 4.78 is 27.4. The smallest absolute Gasteiger partial charge is 0.272 e. The van der Waals surface area contributed by atoms with E-state index in [0.29, 0.717) is 10.0 Å². The van der Waals surface area contributed by atoms with Crippen molar-refractivity contribution in [3.8, 4) is 0 Å². The predicted octanol–water partition coefficient (Wildman–Crippen LogP) is 4.30. The van der Waals surface area contributed by atoms with Gasteiger partial charge in [0.15, 0.2) is 0 Å². The quantitative estimate of drug-likeness (QED) is 0.566. The molecule has 0 aliphatic heterocycles. The van der Waals surface area contributed by atoms with E-state index < -0.39 is 10.0 Å². The topological polar surface area (TPSA) is 71.1 Å². The van der Waals surface area contributed by atoms with Crippen LogP contribution < -0.4 is 10.0 Å². The van der Waals surface area contributed by atoms with Gasteiger partial charge in [0.1, 0.15) is 10.0 Å². The number of benzene rings is 1. The van der Waals surface area contributed by atoms with Crippen LogP contribution in [0.15, 0.2) is 65.0 Å². The van der Waals surface area contributed by atoms with E-state index in [1.807, 2.05) is 31.2 Å². The maximum atomic E-state index is 12.3. The zero-order valence-electron chi connectivity index (χ0n) is 14.5. The first-order valence-corrected chi connectivity index (χ1v) is 10.7. The van der Waals surface area contributed by atoms with Gasteiger partial charge in [0.2, 0.25) is 0 Å². The molecule has 0 bridgehead atoms. The average molecular weight is 388 g/mol. The second kappa shape index (κ2) is 8.33. The molecular weight excluding hydrogens is 366 g/mol. The molecule has 0 unspecified atom stereocenters. The first-order valence-electron chi connectivity index (χ1n) is 8.36. The molecule has 7 heteroatoms. The van der Waals surface area contributed by atoms with Crippen LogP contribution in [0.3, 0.4) is 0 Å². The summed E-state index contributed by atoms with van der Waals surface area (Å²) in [6.45, 7) is 2.70. The molecule has 0 fully saturated rings. The SMILES string of the molecule is Cc1ccc(S(=O)(=O)Nc2ccc(NCCCc3ccccc3)cn2)s1. The van der Waals surface area contributed by atoms with Crippen LogP contribution in [0.25, 0.3) is 0 Å². The number of aromatic nitrogens is 1. The number of nitrogens with one attached hydrogen (secondary N) is 2. The number of nitrogens with zero attached hydrogens (tertiary/aromatic N) is 1. The number of hydrogen-bond donors (Lipinski definition) is 2. The summed E-state index contributed by atoms with van der Waals surface area (Å²) in [4.78, 5) is 5.14. The standard InChI is InChI=1S/C19H21N3O2S2/c1-15-9-12-19(25-15)26(23,24)22-18-11-10-17(14-21-18)20-13-5-8-16-6-3-2-4-7-16/h2-4,6-7,9-12,14,20H,5,8,13H2,1H3,(H,21,22). The number of hydrogen-bond acceptors (Lipinski definition) is 5. The Morgan fingerprint density at radius 1 is 1.04 bits per heavy atom. The lowest BCUT2D eigenvalue weighted by atomic mass is 10.1. The zero-order chi connectivity index (χ0) is 18.4. The van der Waals surface area contributed by atoms with Crippen LogP contribution in [0, 0.1) is 6.92 Å². The normalized spacial score (nSPS) is 11.3. The van der Waals surface area contributed by atoms with Crippen molar-refractivity contribution in [3.05, 3.63) is 71.2 Å². The number of aryl methyl sites for hydroxylation is 2. The van der Waals surface area contributed by atoms with Gasteiger partial charge in [0.05, 0.1) is 11.9 Å². The Bertz CT molecular complexity index is 936. The van der Waals surface area contributed by atoms with Crippen LogP contribution >= 0.6 is 11.3 Å². The lowest BCUT2D eigenvalue weighted by Gasteiger charge is -2.08. The van der Waals surface area contributed by atoms with Gasteiger partial charge in [-0.2, -0.15) is 0 Å². The lowest BCUT2D eigenvalue weighted by Crippen LogP contribution is -2.12. The van der Waals surface area contributed by atoms with Crippen molar-refractivity contribution in [2.45, 2.75) is 24.0 Å². The molecule has 2 aromatic heterocycles. The summed E-state index contributed by atoms with van der Waals surface area (Å²) in [5.74, 6) is 0.311. The van der Waals surface area contributed by atoms with Crippen molar-refractivity contribution in [3.63, 3.8) is 0 Å². The van der Waals surface area contributed by atoms with E-state index in [4.69, 9.17) is 0 Å². The van der Waals surface area contributed by atoms with Gasteiger partial charge in [-0.25, -0.2) is 13.4 Å². The highest BCUT2D eigenvalue weighted by molar-refractivity contribution is 7.94. The summed E-state index contributed by atoms with van der Waals surface area (Å²) in [6.07, 6.45) is 3.66. The van der Waals surface area contributed by atoms with Crippen LogP contribution in [0.4, 0.5) is 11.5 Å². The highest BCUT2D eigenvalue weighted by Crippen LogP contribution is 2.23. The molecule has 0 spiro atoms. The Labute approximate surface area is 158 Å². The number of rotatable bonds is 8. The lowest BCUT2D eigenvalue weighted by molar-refractivity contribution is 0.603. The van der Waals surface area contributed by atoms with E-state index in [9.17, 15) is 8.42 Å². The third-order valence-corrected chi connectivity index (χ3v) is 6.64. The van der Waals surface area contributed by atoms with Crippen molar-refractivity contribution < 1.29 is 8.42 Å². The monoisotopic (exact) mass is 387 g/mol. The molecule has 0 aliphatic rings. The van der Waals surface area contributed by atoms with Gasteiger partial charge >= 0.3 is 0 Å². The molecule has 0 atom stereocenters. The van der Waals surface area contributed by atoms with E-state index >= 15 is 0 Å². The van der Waals surface area contributed by atoms with Crippen LogP contribution in [0.1, 0.15) is 16.9 Å². The van der Waals surface area contributed by atoms with E-state index in [1.54, 1.807) is 24.4 Å². The molecular formula is C19H21N3O2S2. The maximum Gasteiger partial charge on any atom is 0.272 e. The molecule has 0 saturated carbocycles. The van der Waals surface area contributed by atoms with Gasteiger partial charge in [0.25, 0.3) is 10.0 Å². The molecule has 2 heterocycles. The fraction of sp³-hybridized carbons (Fsp3) is 0.211. The van der Waals surface area contributed by atoms with Crippen LogP contribution in [-0.2, 0) is 16.4 Å². The first kappa shape index (κ1) is 18.4. The van der Waals surface area contributed by atoms with Gasteiger partial charge in [-0.3, -0.25) is 4.72 Å². The van der Waals surface area contributed by atoms with Crippen LogP contribution in [-0.4, -0.2) is 19.9 Å². The number of anilines is 2. The number of thiophene rings is 1. The highest BCUT2D eigenvalue weighted by atomic mass is 32.2. The molecule has 3 rings (SSSR count). The Hall–Kier alpha value is -2.38. The number of pyridine rings is 1. The molecule has 3 aromatic rings. The minimum Gasteiger partial charge on any atom is -0.384 e. The van der Waals surface area contributed by atoms with E-state index in [-0.39, 0.29) is 0 Å². The van der Waals surface area contributed by atoms with Gasteiger partial charge in [-0.05, 0) is 49.6 Å². The number of sulfonamides is 1. The largest absolute Gasteiger partial charge is 0.384 e. The zero-order valence-corrected chi connectivity index (χ0v) is 16.1. The highest BCUT2D eigenvalue weighted by Gasteiger charge is 2.16. The van der Waals surface area contributed by atoms with Crippen molar-refractivity contribution in [2.24, 2.45) is 0 Å². The van der Waals surface area contributed by atoms with E-state index in [1.165, 1.54) is 16.9 Å². The molecule has 0 aliphatic carbocycles. The van der Waals surface area contributed by atoms with Gasteiger partial charge < -0.3 is 5.32 Å². The van der Waals surface area contributed by atoms with Crippen molar-refractivity contribution >= 4 is 32.9 Å². The summed E-state index contributed by atoms with van der Waals surface area (Å²) in [6, 6.07) is 17.2. The molecule has 0 amide bonds. The first-order chi connectivity index (χ1) is 12.5. The average Bonchev–Trinajstić information content (AvgIpc) is 3.08. The Balaban J connectivity index is 1.50. The van der Waals surface area contributed by atoms with Gasteiger partial charge in [-0.1, -0.05) is 30.3 Å². The van der Waals surface area contributed by atoms with Crippen LogP contribution in [0.5, 0.6) is 0 Å². The van der Waals surface area contributed by atoms with Crippen LogP contribution in [0.2, 0.25) is 0 Å². The van der Waals surface area contributed by atoms with Crippen molar-refractivity contribution in [1.29, 1.82) is 0 Å². The Morgan fingerprint density at radius 2 is 1.85 bits per heavy atom. The Kier molecular flexibility index (Phi) is 5.90. The fourth-order valence-electron chi connectivity index (χ4n) is 2.47. The maximum absolute atomic E-state index is 12.3. The molecule has 0 radical (unpaired) electrons. The predicted molar refractivity (Wildman–Crippen MR) is 107 cm³/mol. The molecule has 5 nitrogen and oxygen atoms in total. The second-order valence-electron chi connectivity index (χ2n) is 5.92.